The van der Waals surface area contributed by atoms with Crippen LogP contribution >= 0.6 is 0 Å². The van der Waals surface area contributed by atoms with Crippen molar-refractivity contribution in [1.82, 2.24) is 0 Å². The normalized spacial score (nSPS) is 13.0. The molecule has 0 spiro atoms. The molecule has 0 atom stereocenters. The van der Waals surface area contributed by atoms with Gasteiger partial charge in [0.2, 0.25) is 0 Å². The van der Waals surface area contributed by atoms with Gasteiger partial charge >= 0.3 is 0 Å². The Morgan fingerprint density at radius 3 is 1.14 bits per heavy atom. The summed E-state index contributed by atoms with van der Waals surface area (Å²) in [7, 11) is 0. The van der Waals surface area contributed by atoms with Gasteiger partial charge < -0.3 is 0 Å². The van der Waals surface area contributed by atoms with E-state index in [2.05, 4.69) is 124 Å². The monoisotopic (exact) mass is 390 g/mol. The van der Waals surface area contributed by atoms with Gasteiger partial charge in [0.15, 0.2) is 0 Å². The van der Waals surface area contributed by atoms with E-state index in [0.29, 0.717) is 0 Å². The van der Waals surface area contributed by atoms with E-state index in [4.69, 9.17) is 9.98 Å². The Labute approximate surface area is 178 Å². The third-order valence-corrected chi connectivity index (χ3v) is 5.53. The molecule has 0 saturated heterocycles. The fraction of sp³-hybridized carbons (Fsp3) is 0.519. The molecule has 0 aliphatic heterocycles. The first-order valence-corrected chi connectivity index (χ1v) is 10.5. The van der Waals surface area contributed by atoms with Crippen molar-refractivity contribution in [2.45, 2.75) is 91.1 Å². The van der Waals surface area contributed by atoms with Crippen molar-refractivity contribution in [3.05, 3.63) is 70.8 Å². The van der Waals surface area contributed by atoms with E-state index in [1.807, 2.05) is 0 Å². The van der Waals surface area contributed by atoms with E-state index in [9.17, 15) is 0 Å². The van der Waals surface area contributed by atoms with Crippen LogP contribution in [0, 0.1) is 0 Å². The minimum Gasteiger partial charge on any atom is -0.215 e. The fourth-order valence-electron chi connectivity index (χ4n) is 3.14. The van der Waals surface area contributed by atoms with Gasteiger partial charge in [-0.25, -0.2) is 9.98 Å². The number of hydrogen-bond donors (Lipinski definition) is 0. The van der Waals surface area contributed by atoms with Gasteiger partial charge in [-0.15, -0.1) is 0 Å². The number of rotatable bonds is 4. The summed E-state index contributed by atoms with van der Waals surface area (Å²) in [4.78, 5) is 9.43. The quantitative estimate of drug-likeness (QED) is 0.479. The molecule has 0 N–H and O–H groups in total. The summed E-state index contributed by atoms with van der Waals surface area (Å²) in [5.41, 5.74) is 4.46. The predicted molar refractivity (Wildman–Crippen MR) is 126 cm³/mol. The molecule has 156 valence electrons. The average molecular weight is 391 g/mol. The summed E-state index contributed by atoms with van der Waals surface area (Å²) < 4.78 is 0. The van der Waals surface area contributed by atoms with Crippen molar-refractivity contribution in [2.75, 3.05) is 0 Å². The second-order valence-corrected chi connectivity index (χ2v) is 11.1. The lowest BCUT2D eigenvalue weighted by atomic mass is 9.83. The molecule has 29 heavy (non-hydrogen) atoms. The first-order valence-electron chi connectivity index (χ1n) is 10.5. The summed E-state index contributed by atoms with van der Waals surface area (Å²) in [6.07, 6.45) is 0. The summed E-state index contributed by atoms with van der Waals surface area (Å²) >= 11 is 0. The largest absolute Gasteiger partial charge is 0.215 e. The smallest absolute Gasteiger partial charge is 0.0910 e. The molecule has 0 saturated carbocycles. The van der Waals surface area contributed by atoms with Gasteiger partial charge in [0.05, 0.1) is 17.1 Å². The van der Waals surface area contributed by atoms with E-state index in [1.54, 1.807) is 0 Å². The molecule has 0 aromatic heterocycles. The van der Waals surface area contributed by atoms with Crippen LogP contribution in [0.25, 0.3) is 0 Å². The van der Waals surface area contributed by atoms with Gasteiger partial charge in [-0.3, -0.25) is 0 Å². The summed E-state index contributed by atoms with van der Waals surface area (Å²) in [5.74, 6) is 0. The van der Waals surface area contributed by atoms with Gasteiger partial charge in [-0.05, 0) is 60.8 Å². The number of nitrogens with zero attached hydrogens (tertiary/aromatic N) is 2. The molecule has 0 aliphatic carbocycles. The average Bonchev–Trinajstić information content (AvgIpc) is 2.60. The third-order valence-electron chi connectivity index (χ3n) is 5.53. The van der Waals surface area contributed by atoms with Gasteiger partial charge in [0, 0.05) is 0 Å². The molecule has 0 aliphatic rings. The molecule has 0 unspecified atom stereocenters. The minimum atomic E-state index is -0.381. The van der Waals surface area contributed by atoms with Crippen LogP contribution in [-0.2, 0) is 21.9 Å². The third kappa shape index (κ3) is 5.90. The second-order valence-electron chi connectivity index (χ2n) is 11.1. The van der Waals surface area contributed by atoms with E-state index in [-0.39, 0.29) is 21.9 Å². The summed E-state index contributed by atoms with van der Waals surface area (Å²) in [6, 6.07) is 20.4. The molecule has 0 fully saturated rings. The van der Waals surface area contributed by atoms with E-state index in [0.717, 1.165) is 0 Å². The van der Waals surface area contributed by atoms with Crippen molar-refractivity contribution in [3.63, 3.8) is 0 Å². The van der Waals surface area contributed by atoms with E-state index >= 15 is 0 Å². The van der Waals surface area contributed by atoms with Crippen molar-refractivity contribution in [2.24, 2.45) is 9.98 Å². The Balaban J connectivity index is 2.34. The molecular formula is C27H38N2. The van der Waals surface area contributed by atoms with Crippen molar-refractivity contribution < 1.29 is 0 Å². The highest BCUT2D eigenvalue weighted by Crippen LogP contribution is 2.31. The van der Waals surface area contributed by atoms with Gasteiger partial charge in [-0.1, -0.05) is 90.1 Å². The minimum absolute atomic E-state index is 0.115. The Bertz CT molecular complexity index is 839. The lowest BCUT2D eigenvalue weighted by Gasteiger charge is -2.25. The van der Waals surface area contributed by atoms with Crippen molar-refractivity contribution >= 4 is 6.01 Å². The number of hydrogen-bond acceptors (Lipinski definition) is 2. The molecular weight excluding hydrogens is 352 g/mol. The maximum absolute atomic E-state index is 4.71. The highest BCUT2D eigenvalue weighted by atomic mass is 14.9. The molecule has 2 heteroatoms. The van der Waals surface area contributed by atoms with Gasteiger partial charge in [-0.2, -0.15) is 0 Å². The van der Waals surface area contributed by atoms with Crippen LogP contribution in [0.4, 0.5) is 0 Å². The second kappa shape index (κ2) is 7.92. The predicted octanol–water partition coefficient (Wildman–Crippen LogP) is 7.63. The maximum atomic E-state index is 4.71. The van der Waals surface area contributed by atoms with Crippen LogP contribution in [0.2, 0.25) is 0 Å². The molecule has 2 aromatic rings. The topological polar surface area (TPSA) is 24.7 Å². The van der Waals surface area contributed by atoms with Crippen LogP contribution < -0.4 is 0 Å². The Hall–Kier alpha value is -2.18. The van der Waals surface area contributed by atoms with Crippen molar-refractivity contribution in [3.8, 4) is 0 Å². The highest BCUT2D eigenvalue weighted by molar-refractivity contribution is 5.47. The van der Waals surface area contributed by atoms with Gasteiger partial charge in [0.25, 0.3) is 0 Å². The first-order chi connectivity index (χ1) is 13.1. The first kappa shape index (κ1) is 23.1. The highest BCUT2D eigenvalue weighted by Gasteiger charge is 2.24. The van der Waals surface area contributed by atoms with E-state index < -0.39 is 0 Å². The number of aliphatic imine (C=N–C) groups is 2. The lowest BCUT2D eigenvalue weighted by Crippen LogP contribution is -2.18. The summed E-state index contributed by atoms with van der Waals surface area (Å²) in [5, 5.41) is 0. The lowest BCUT2D eigenvalue weighted by molar-refractivity contribution is 0.537. The molecule has 0 amide bonds. The van der Waals surface area contributed by atoms with Crippen molar-refractivity contribution in [1.29, 1.82) is 0 Å². The molecule has 2 aromatic carbocycles. The zero-order valence-corrected chi connectivity index (χ0v) is 20.0. The van der Waals surface area contributed by atoms with Crippen LogP contribution in [-0.4, -0.2) is 6.01 Å². The fourth-order valence-corrected chi connectivity index (χ4v) is 3.14. The zero-order valence-electron chi connectivity index (χ0n) is 20.0. The Kier molecular flexibility index (Phi) is 6.31. The summed E-state index contributed by atoms with van der Waals surface area (Å²) in [6.45, 7) is 21.9. The Morgan fingerprint density at radius 2 is 0.828 bits per heavy atom. The zero-order chi connectivity index (χ0) is 22.1. The SMILES string of the molecule is CC(C)(C)c1cccc(C(C)(C)N=C=NC(C)(C)c2cccc(C(C)(C)C)c2)c1. The number of benzene rings is 2. The van der Waals surface area contributed by atoms with Crippen LogP contribution in [0.5, 0.6) is 0 Å². The molecule has 2 rings (SSSR count). The maximum Gasteiger partial charge on any atom is 0.0910 e. The van der Waals surface area contributed by atoms with Gasteiger partial charge in [0.1, 0.15) is 0 Å². The van der Waals surface area contributed by atoms with Crippen LogP contribution in [0.15, 0.2) is 58.5 Å². The Morgan fingerprint density at radius 1 is 0.517 bits per heavy atom. The van der Waals surface area contributed by atoms with E-state index in [1.165, 1.54) is 22.3 Å². The molecule has 0 radical (unpaired) electrons. The molecule has 0 heterocycles. The molecule has 0 bridgehead atoms. The van der Waals surface area contributed by atoms with Crippen LogP contribution in [0.3, 0.4) is 0 Å². The standard InChI is InChI=1S/C27H38N2/c1-24(2,3)20-13-11-15-22(17-20)26(7,8)28-19-29-27(9,10)23-16-12-14-21(18-23)25(4,5)6/h11-18H,1-10H3. The van der Waals surface area contributed by atoms with Crippen LogP contribution in [0.1, 0.15) is 91.5 Å². The molecule has 2 nitrogen and oxygen atoms in total.